The monoisotopic (exact) mass is 246 g/mol. The van der Waals surface area contributed by atoms with Crippen molar-refractivity contribution in [3.05, 3.63) is 28.8 Å². The Morgan fingerprint density at radius 2 is 2.38 bits per heavy atom. The fourth-order valence-corrected chi connectivity index (χ4v) is 1.44. The lowest BCUT2D eigenvalue weighted by Crippen LogP contribution is -2.33. The van der Waals surface area contributed by atoms with Crippen LogP contribution in [-0.4, -0.2) is 40.6 Å². The van der Waals surface area contributed by atoms with Crippen molar-refractivity contribution in [1.29, 1.82) is 0 Å². The lowest BCUT2D eigenvalue weighted by atomic mass is 10.2. The van der Waals surface area contributed by atoms with Crippen molar-refractivity contribution in [3.8, 4) is 0 Å². The lowest BCUT2D eigenvalue weighted by Gasteiger charge is -2.19. The van der Waals surface area contributed by atoms with Crippen LogP contribution in [0.15, 0.2) is 12.3 Å². The molecule has 0 spiro atoms. The van der Waals surface area contributed by atoms with E-state index in [1.165, 1.54) is 11.9 Å². The van der Waals surface area contributed by atoms with Gasteiger partial charge in [-0.3, -0.25) is 4.79 Å². The first-order valence-corrected chi connectivity index (χ1v) is 5.04. The number of hydrogen-bond donors (Lipinski definition) is 1. The highest BCUT2D eigenvalue weighted by Crippen LogP contribution is 2.15. The molecule has 4 nitrogen and oxygen atoms in total. The molecule has 0 aromatic carbocycles. The summed E-state index contributed by atoms with van der Waals surface area (Å²) < 4.78 is 12.9. The second-order valence-electron chi connectivity index (χ2n) is 3.53. The van der Waals surface area contributed by atoms with Gasteiger partial charge in [0.25, 0.3) is 5.91 Å². The van der Waals surface area contributed by atoms with E-state index in [2.05, 4.69) is 4.98 Å². The average molecular weight is 247 g/mol. The van der Waals surface area contributed by atoms with E-state index in [-0.39, 0.29) is 17.3 Å². The van der Waals surface area contributed by atoms with Crippen molar-refractivity contribution >= 4 is 17.5 Å². The smallest absolute Gasteiger partial charge is 0.256 e. The summed E-state index contributed by atoms with van der Waals surface area (Å²) in [5.74, 6) is -1.10. The molecule has 0 radical (unpaired) electrons. The van der Waals surface area contributed by atoms with Crippen LogP contribution in [0.4, 0.5) is 4.39 Å². The van der Waals surface area contributed by atoms with Crippen molar-refractivity contribution in [3.63, 3.8) is 0 Å². The summed E-state index contributed by atoms with van der Waals surface area (Å²) in [6.45, 7) is 1.70. The van der Waals surface area contributed by atoms with Crippen LogP contribution in [0.3, 0.4) is 0 Å². The predicted octanol–water partition coefficient (Wildman–Crippen LogP) is 1.33. The normalized spacial score (nSPS) is 12.3. The van der Waals surface area contributed by atoms with Gasteiger partial charge >= 0.3 is 0 Å². The minimum atomic E-state index is -0.658. The van der Waals surface area contributed by atoms with Gasteiger partial charge in [0, 0.05) is 13.6 Å². The molecular formula is C10H12ClFN2O2. The summed E-state index contributed by atoms with van der Waals surface area (Å²) in [7, 11) is 1.50. The zero-order valence-electron chi connectivity index (χ0n) is 8.94. The van der Waals surface area contributed by atoms with Gasteiger partial charge in [0.15, 0.2) is 0 Å². The van der Waals surface area contributed by atoms with Crippen molar-refractivity contribution in [2.24, 2.45) is 0 Å². The van der Waals surface area contributed by atoms with E-state index in [1.807, 2.05) is 0 Å². The van der Waals surface area contributed by atoms with Crippen molar-refractivity contribution < 1.29 is 14.3 Å². The number of nitrogens with zero attached hydrogens (tertiary/aromatic N) is 2. The second kappa shape index (κ2) is 5.23. The number of aromatic nitrogens is 1. The number of pyridine rings is 1. The molecule has 0 aliphatic rings. The third-order valence-electron chi connectivity index (χ3n) is 1.92. The molecule has 0 fully saturated rings. The van der Waals surface area contributed by atoms with Gasteiger partial charge in [-0.25, -0.2) is 9.37 Å². The van der Waals surface area contributed by atoms with Crippen molar-refractivity contribution in [2.75, 3.05) is 13.6 Å². The van der Waals surface area contributed by atoms with Crippen LogP contribution < -0.4 is 0 Å². The molecule has 1 atom stereocenters. The van der Waals surface area contributed by atoms with Gasteiger partial charge in [0.1, 0.15) is 11.0 Å². The van der Waals surface area contributed by atoms with Crippen LogP contribution in [0.5, 0.6) is 0 Å². The Balaban J connectivity index is 2.91. The summed E-state index contributed by atoms with van der Waals surface area (Å²) >= 11 is 5.68. The first kappa shape index (κ1) is 12.9. The summed E-state index contributed by atoms with van der Waals surface area (Å²) in [5, 5.41) is 9.07. The van der Waals surface area contributed by atoms with Gasteiger partial charge in [-0.2, -0.15) is 0 Å². The zero-order valence-corrected chi connectivity index (χ0v) is 9.70. The average Bonchev–Trinajstić information content (AvgIpc) is 2.19. The van der Waals surface area contributed by atoms with E-state index >= 15 is 0 Å². The molecule has 1 heterocycles. The number of amides is 1. The molecule has 16 heavy (non-hydrogen) atoms. The number of carbonyl (C=O) groups excluding carboxylic acids is 1. The summed E-state index contributed by atoms with van der Waals surface area (Å²) in [6, 6.07) is 1.02. The highest BCUT2D eigenvalue weighted by molar-refractivity contribution is 6.32. The minimum Gasteiger partial charge on any atom is -0.392 e. The largest absolute Gasteiger partial charge is 0.392 e. The van der Waals surface area contributed by atoms with Crippen LogP contribution >= 0.6 is 11.6 Å². The molecule has 1 rings (SSSR count). The molecule has 1 aromatic rings. The first-order chi connectivity index (χ1) is 7.41. The van der Waals surface area contributed by atoms with Gasteiger partial charge in [-0.05, 0) is 13.0 Å². The highest BCUT2D eigenvalue weighted by Gasteiger charge is 2.17. The Bertz CT molecular complexity index is 398. The van der Waals surface area contributed by atoms with E-state index in [9.17, 15) is 9.18 Å². The SMILES string of the molecule is CC(O)CN(C)C(=O)c1cc(F)cnc1Cl. The fourth-order valence-electron chi connectivity index (χ4n) is 1.26. The Kier molecular flexibility index (Phi) is 4.20. The van der Waals surface area contributed by atoms with Gasteiger partial charge in [0.05, 0.1) is 17.9 Å². The molecule has 88 valence electrons. The highest BCUT2D eigenvalue weighted by atomic mass is 35.5. The van der Waals surface area contributed by atoms with Crippen molar-refractivity contribution in [1.82, 2.24) is 9.88 Å². The number of likely N-dealkylation sites (N-methyl/N-ethyl adjacent to an activating group) is 1. The van der Waals surface area contributed by atoms with E-state index in [0.717, 1.165) is 12.3 Å². The third kappa shape index (κ3) is 3.15. The molecule has 0 bridgehead atoms. The van der Waals surface area contributed by atoms with Crippen molar-refractivity contribution in [2.45, 2.75) is 13.0 Å². The summed E-state index contributed by atoms with van der Waals surface area (Å²) in [5.41, 5.74) is -0.00943. The van der Waals surface area contributed by atoms with Gasteiger partial charge in [-0.15, -0.1) is 0 Å². The number of aliphatic hydroxyl groups is 1. The maximum Gasteiger partial charge on any atom is 0.256 e. The van der Waals surface area contributed by atoms with Crippen LogP contribution in [-0.2, 0) is 0 Å². The molecule has 0 saturated heterocycles. The molecule has 0 aliphatic carbocycles. The molecule has 1 unspecified atom stereocenters. The van der Waals surface area contributed by atoms with Crippen LogP contribution in [0.25, 0.3) is 0 Å². The molecular weight excluding hydrogens is 235 g/mol. The first-order valence-electron chi connectivity index (χ1n) is 4.66. The van der Waals surface area contributed by atoms with Gasteiger partial charge < -0.3 is 10.0 Å². The van der Waals surface area contributed by atoms with E-state index < -0.39 is 17.8 Å². The number of hydrogen-bond acceptors (Lipinski definition) is 3. The molecule has 1 N–H and O–H groups in total. The van der Waals surface area contributed by atoms with E-state index in [1.54, 1.807) is 6.92 Å². The topological polar surface area (TPSA) is 53.4 Å². The van der Waals surface area contributed by atoms with Gasteiger partial charge in [0.2, 0.25) is 0 Å². The van der Waals surface area contributed by atoms with Gasteiger partial charge in [-0.1, -0.05) is 11.6 Å². The molecule has 1 amide bonds. The van der Waals surface area contributed by atoms with Crippen LogP contribution in [0.1, 0.15) is 17.3 Å². The number of halogens is 2. The quantitative estimate of drug-likeness (QED) is 0.819. The van der Waals surface area contributed by atoms with E-state index in [0.29, 0.717) is 0 Å². The number of aliphatic hydroxyl groups excluding tert-OH is 1. The maximum atomic E-state index is 12.9. The third-order valence-corrected chi connectivity index (χ3v) is 2.22. The number of carbonyl (C=O) groups is 1. The Morgan fingerprint density at radius 1 is 1.75 bits per heavy atom. The van der Waals surface area contributed by atoms with Crippen LogP contribution in [0.2, 0.25) is 5.15 Å². The number of rotatable bonds is 3. The lowest BCUT2D eigenvalue weighted by molar-refractivity contribution is 0.0703. The van der Waals surface area contributed by atoms with Crippen LogP contribution in [0, 0.1) is 5.82 Å². The molecule has 1 aromatic heterocycles. The minimum absolute atomic E-state index is 0.00943. The fraction of sp³-hybridized carbons (Fsp3) is 0.400. The molecule has 0 saturated carbocycles. The summed E-state index contributed by atoms with van der Waals surface area (Å²) in [6.07, 6.45) is 0.280. The standard InChI is InChI=1S/C10H12ClFN2O2/c1-6(15)5-14(2)10(16)8-3-7(12)4-13-9(8)11/h3-4,6,15H,5H2,1-2H3. The molecule has 6 heteroatoms. The summed E-state index contributed by atoms with van der Waals surface area (Å²) in [4.78, 5) is 16.6. The Morgan fingerprint density at radius 3 is 2.94 bits per heavy atom. The molecule has 0 aliphatic heterocycles. The predicted molar refractivity (Wildman–Crippen MR) is 57.8 cm³/mol. The Hall–Kier alpha value is -1.20. The Labute approximate surface area is 97.7 Å². The maximum absolute atomic E-state index is 12.9. The zero-order chi connectivity index (χ0) is 12.3. The van der Waals surface area contributed by atoms with E-state index in [4.69, 9.17) is 16.7 Å². The second-order valence-corrected chi connectivity index (χ2v) is 3.88.